The second-order valence-electron chi connectivity index (χ2n) is 10.5. The molecule has 214 valence electrons. The molecule has 36 heavy (non-hydrogen) atoms. The Morgan fingerprint density at radius 1 is 0.528 bits per heavy atom. The van der Waals surface area contributed by atoms with E-state index in [1.807, 2.05) is 0 Å². The van der Waals surface area contributed by atoms with Crippen molar-refractivity contribution in [2.45, 2.75) is 174 Å². The summed E-state index contributed by atoms with van der Waals surface area (Å²) in [5.41, 5.74) is 0. The summed E-state index contributed by atoms with van der Waals surface area (Å²) < 4.78 is 10.5. The van der Waals surface area contributed by atoms with Crippen molar-refractivity contribution in [2.24, 2.45) is 0 Å². The number of aliphatic hydroxyl groups is 1. The largest absolute Gasteiger partial charge is 0.462 e. The van der Waals surface area contributed by atoms with E-state index >= 15 is 0 Å². The molecule has 0 bridgehead atoms. The van der Waals surface area contributed by atoms with Crippen LogP contribution in [0.25, 0.3) is 0 Å². The molecule has 0 aromatic carbocycles. The van der Waals surface area contributed by atoms with Gasteiger partial charge in [-0.2, -0.15) is 0 Å². The Morgan fingerprint density at radius 2 is 0.861 bits per heavy atom. The Balaban J connectivity index is 3.57. The molecule has 5 nitrogen and oxygen atoms in total. The number of esters is 2. The highest BCUT2D eigenvalue weighted by Crippen LogP contribution is 2.14. The highest BCUT2D eigenvalue weighted by atomic mass is 16.6. The molecule has 0 heterocycles. The van der Waals surface area contributed by atoms with Gasteiger partial charge in [-0.15, -0.1) is 0 Å². The number of hydrogen-bond acceptors (Lipinski definition) is 5. The lowest BCUT2D eigenvalue weighted by atomic mass is 10.1. The lowest BCUT2D eigenvalue weighted by Crippen LogP contribution is -2.28. The van der Waals surface area contributed by atoms with Crippen molar-refractivity contribution in [3.8, 4) is 0 Å². The number of unbranched alkanes of at least 4 members (excludes halogenated alkanes) is 20. The Bertz CT molecular complexity index is 480. The van der Waals surface area contributed by atoms with Crippen molar-refractivity contribution in [2.75, 3.05) is 13.2 Å². The highest BCUT2D eigenvalue weighted by Gasteiger charge is 2.16. The first-order chi connectivity index (χ1) is 17.6. The summed E-state index contributed by atoms with van der Waals surface area (Å²) in [5, 5.41) is 9.46. The van der Waals surface area contributed by atoms with Crippen LogP contribution in [-0.4, -0.2) is 36.4 Å². The number of aliphatic hydroxyl groups excluding tert-OH is 1. The lowest BCUT2D eigenvalue weighted by molar-refractivity contribution is -0.161. The minimum Gasteiger partial charge on any atom is -0.462 e. The number of carbonyl (C=O) groups excluding carboxylic acids is 2. The van der Waals surface area contributed by atoms with Crippen molar-refractivity contribution in [3.63, 3.8) is 0 Å². The molecule has 1 atom stereocenters. The molecule has 0 aliphatic heterocycles. The predicted octanol–water partition coefficient (Wildman–Crippen LogP) is 8.84. The number of rotatable bonds is 28. The monoisotopic (exact) mass is 512 g/mol. The van der Waals surface area contributed by atoms with Gasteiger partial charge in [-0.1, -0.05) is 142 Å². The molecule has 0 saturated carbocycles. The predicted molar refractivity (Wildman–Crippen MR) is 150 cm³/mol. The molecular weight excluding hydrogens is 452 g/mol. The third kappa shape index (κ3) is 26.0. The average molecular weight is 513 g/mol. The minimum atomic E-state index is -0.758. The molecule has 1 unspecified atom stereocenters. The molecule has 0 radical (unpaired) electrons. The quantitative estimate of drug-likeness (QED) is 0.0837. The molecule has 0 saturated heterocycles. The van der Waals surface area contributed by atoms with Crippen LogP contribution in [0.1, 0.15) is 168 Å². The van der Waals surface area contributed by atoms with E-state index < -0.39 is 6.10 Å². The van der Waals surface area contributed by atoms with Crippen LogP contribution >= 0.6 is 0 Å². The third-order valence-electron chi connectivity index (χ3n) is 6.90. The zero-order chi connectivity index (χ0) is 26.5. The van der Waals surface area contributed by atoms with Gasteiger partial charge in [0.25, 0.3) is 0 Å². The molecule has 0 amide bonds. The van der Waals surface area contributed by atoms with Crippen LogP contribution in [-0.2, 0) is 19.1 Å². The maximum Gasteiger partial charge on any atom is 0.306 e. The second kappa shape index (κ2) is 28.5. The maximum atomic E-state index is 12.0. The molecule has 0 spiro atoms. The zero-order valence-corrected chi connectivity index (χ0v) is 24.0. The Kier molecular flexibility index (Phi) is 27.6. The molecule has 0 fully saturated rings. The smallest absolute Gasteiger partial charge is 0.306 e. The standard InChI is InChI=1S/C31H60O5/c1-3-5-7-9-11-13-15-17-19-21-23-25-30(33)35-28-29(27-32)36-31(34)26-24-22-20-18-16-14-12-10-8-6-4-2/h29,32H,3-28H2,1-2H3. The van der Waals surface area contributed by atoms with Gasteiger partial charge in [-0.05, 0) is 12.8 Å². The van der Waals surface area contributed by atoms with Gasteiger partial charge in [0.1, 0.15) is 6.61 Å². The molecule has 5 heteroatoms. The molecule has 0 aliphatic carbocycles. The molecule has 0 aliphatic rings. The van der Waals surface area contributed by atoms with Gasteiger partial charge in [0, 0.05) is 12.8 Å². The van der Waals surface area contributed by atoms with E-state index in [1.54, 1.807) is 0 Å². The number of carbonyl (C=O) groups is 2. The summed E-state index contributed by atoms with van der Waals surface area (Å²) in [7, 11) is 0. The maximum absolute atomic E-state index is 12.0. The van der Waals surface area contributed by atoms with Gasteiger partial charge in [0.2, 0.25) is 0 Å². The minimum absolute atomic E-state index is 0.0582. The first-order valence-electron chi connectivity index (χ1n) is 15.6. The number of ether oxygens (including phenoxy) is 2. The van der Waals surface area contributed by atoms with E-state index in [0.29, 0.717) is 12.8 Å². The lowest BCUT2D eigenvalue weighted by Gasteiger charge is -2.15. The van der Waals surface area contributed by atoms with E-state index in [0.717, 1.165) is 38.5 Å². The first kappa shape index (κ1) is 34.9. The second-order valence-corrected chi connectivity index (χ2v) is 10.5. The Hall–Kier alpha value is -1.10. The van der Waals surface area contributed by atoms with Crippen molar-refractivity contribution in [1.82, 2.24) is 0 Å². The van der Waals surface area contributed by atoms with Crippen LogP contribution in [0.4, 0.5) is 0 Å². The summed E-state index contributed by atoms with van der Waals surface area (Å²) >= 11 is 0. The summed E-state index contributed by atoms with van der Waals surface area (Å²) in [6, 6.07) is 0. The molecule has 0 rings (SSSR count). The van der Waals surface area contributed by atoms with E-state index in [9.17, 15) is 14.7 Å². The average Bonchev–Trinajstić information content (AvgIpc) is 2.88. The molecular formula is C31H60O5. The van der Waals surface area contributed by atoms with E-state index in [-0.39, 0.29) is 25.2 Å². The van der Waals surface area contributed by atoms with E-state index in [4.69, 9.17) is 9.47 Å². The SMILES string of the molecule is CCCCCCCCCCCCCC(=O)OCC(CO)OC(=O)CCCCCCCCCCCCC. The van der Waals surface area contributed by atoms with Crippen LogP contribution in [0.2, 0.25) is 0 Å². The van der Waals surface area contributed by atoms with Crippen LogP contribution in [0.15, 0.2) is 0 Å². The fourth-order valence-electron chi connectivity index (χ4n) is 4.49. The highest BCUT2D eigenvalue weighted by molar-refractivity contribution is 5.70. The molecule has 1 N–H and O–H groups in total. The summed E-state index contributed by atoms with van der Waals surface area (Å²) in [5.74, 6) is -0.586. The van der Waals surface area contributed by atoms with Gasteiger partial charge in [-0.3, -0.25) is 9.59 Å². The summed E-state index contributed by atoms with van der Waals surface area (Å²) in [6.45, 7) is 4.11. The van der Waals surface area contributed by atoms with Crippen LogP contribution in [0.3, 0.4) is 0 Å². The van der Waals surface area contributed by atoms with Crippen LogP contribution in [0, 0.1) is 0 Å². The van der Waals surface area contributed by atoms with Crippen molar-refractivity contribution in [3.05, 3.63) is 0 Å². The fraction of sp³-hybridized carbons (Fsp3) is 0.935. The normalized spacial score (nSPS) is 12.0. The van der Waals surface area contributed by atoms with Crippen molar-refractivity contribution >= 4 is 11.9 Å². The van der Waals surface area contributed by atoms with E-state index in [2.05, 4.69) is 13.8 Å². The van der Waals surface area contributed by atoms with Crippen molar-refractivity contribution in [1.29, 1.82) is 0 Å². The topological polar surface area (TPSA) is 72.8 Å². The van der Waals surface area contributed by atoms with Gasteiger partial charge in [0.05, 0.1) is 6.61 Å². The summed E-state index contributed by atoms with van der Waals surface area (Å²) in [6.07, 6.45) is 27.2. The first-order valence-corrected chi connectivity index (χ1v) is 15.6. The van der Waals surface area contributed by atoms with Gasteiger partial charge < -0.3 is 14.6 Å². The number of hydrogen-bond donors (Lipinski definition) is 1. The molecule has 0 aromatic rings. The third-order valence-corrected chi connectivity index (χ3v) is 6.90. The van der Waals surface area contributed by atoms with Crippen LogP contribution < -0.4 is 0 Å². The van der Waals surface area contributed by atoms with Gasteiger partial charge in [0.15, 0.2) is 6.10 Å². The summed E-state index contributed by atoms with van der Waals surface area (Å²) in [4.78, 5) is 24.0. The van der Waals surface area contributed by atoms with E-state index in [1.165, 1.54) is 103 Å². The van der Waals surface area contributed by atoms with Gasteiger partial charge >= 0.3 is 11.9 Å². The van der Waals surface area contributed by atoms with Gasteiger partial charge in [-0.25, -0.2) is 0 Å². The fourth-order valence-corrected chi connectivity index (χ4v) is 4.49. The zero-order valence-electron chi connectivity index (χ0n) is 24.0. The molecule has 0 aromatic heterocycles. The Labute approximate surface area is 223 Å². The van der Waals surface area contributed by atoms with Crippen molar-refractivity contribution < 1.29 is 24.2 Å². The van der Waals surface area contributed by atoms with Crippen LogP contribution in [0.5, 0.6) is 0 Å². The Morgan fingerprint density at radius 3 is 1.22 bits per heavy atom.